The summed E-state index contributed by atoms with van der Waals surface area (Å²) in [6.07, 6.45) is 0. The average Bonchev–Trinajstić information content (AvgIpc) is 3.66. The van der Waals surface area contributed by atoms with Gasteiger partial charge in [0.2, 0.25) is 0 Å². The SMILES string of the molecule is c1ccc2c(c1)Oc1ccc(N(c3ccc4ccccc4c3)c3ccc4c(c3)sc3c5ccccc5ccc43)cc1C21c2ccccc2-c2cccc3cccc1c23. The fourth-order valence-corrected chi connectivity index (χ4v) is 11.5. The second-order valence-corrected chi connectivity index (χ2v) is 16.6. The van der Waals surface area contributed by atoms with Gasteiger partial charge in [-0.3, -0.25) is 0 Å². The number of fused-ring (bicyclic) bond motifs is 14. The molecule has 270 valence electrons. The van der Waals surface area contributed by atoms with Crippen LogP contribution in [0, 0.1) is 0 Å². The predicted molar refractivity (Wildman–Crippen MR) is 244 cm³/mol. The molecule has 10 aromatic carbocycles. The highest BCUT2D eigenvalue weighted by Gasteiger charge is 2.49. The fourth-order valence-electron chi connectivity index (χ4n) is 10.2. The van der Waals surface area contributed by atoms with Crippen LogP contribution in [0.4, 0.5) is 17.1 Å². The van der Waals surface area contributed by atoms with E-state index in [1.807, 2.05) is 11.3 Å². The van der Waals surface area contributed by atoms with Crippen LogP contribution < -0.4 is 9.64 Å². The van der Waals surface area contributed by atoms with Crippen LogP contribution in [-0.2, 0) is 5.41 Å². The number of rotatable bonds is 3. The van der Waals surface area contributed by atoms with E-state index in [-0.39, 0.29) is 0 Å². The van der Waals surface area contributed by atoms with E-state index in [2.05, 4.69) is 205 Å². The Morgan fingerprint density at radius 3 is 1.93 bits per heavy atom. The maximum Gasteiger partial charge on any atom is 0.132 e. The first-order chi connectivity index (χ1) is 28.7. The van der Waals surface area contributed by atoms with Gasteiger partial charge in [-0.15, -0.1) is 11.3 Å². The molecule has 1 unspecified atom stereocenters. The second kappa shape index (κ2) is 11.9. The highest BCUT2D eigenvalue weighted by Crippen LogP contribution is 2.62. The van der Waals surface area contributed by atoms with Crippen molar-refractivity contribution in [2.75, 3.05) is 4.90 Å². The van der Waals surface area contributed by atoms with Crippen LogP contribution in [0.1, 0.15) is 22.3 Å². The standard InChI is InChI=1S/C55H33NOS/c1-2-13-37-31-38(25-23-34(37)11-1)56(40-26-29-43-45-28-24-35-12-3-4-16-41(35)54(45)58-52(43)33-40)39-27-30-51-49(32-39)55(47-20-7-8-22-50(47)57-51)46-19-6-5-17-42(46)44-18-9-14-36-15-10-21-48(55)53(36)44/h1-33H. The largest absolute Gasteiger partial charge is 0.457 e. The Balaban J connectivity index is 1.10. The van der Waals surface area contributed by atoms with Crippen molar-refractivity contribution in [2.24, 2.45) is 0 Å². The minimum atomic E-state index is -0.629. The Morgan fingerprint density at radius 2 is 1.00 bits per heavy atom. The van der Waals surface area contributed by atoms with Crippen LogP contribution in [0.25, 0.3) is 63.6 Å². The molecule has 1 spiro atoms. The molecule has 2 nitrogen and oxygen atoms in total. The number of benzene rings is 10. The van der Waals surface area contributed by atoms with Crippen molar-refractivity contribution in [3.8, 4) is 22.6 Å². The van der Waals surface area contributed by atoms with E-state index < -0.39 is 5.41 Å². The van der Waals surface area contributed by atoms with Crippen LogP contribution in [0.3, 0.4) is 0 Å². The number of nitrogens with zero attached hydrogens (tertiary/aromatic N) is 1. The van der Waals surface area contributed by atoms with Gasteiger partial charge in [0.15, 0.2) is 0 Å². The number of anilines is 3. The van der Waals surface area contributed by atoms with E-state index in [9.17, 15) is 0 Å². The highest BCUT2D eigenvalue weighted by molar-refractivity contribution is 7.26. The summed E-state index contributed by atoms with van der Waals surface area (Å²) in [7, 11) is 0. The lowest BCUT2D eigenvalue weighted by molar-refractivity contribution is 0.435. The van der Waals surface area contributed by atoms with Gasteiger partial charge in [0.1, 0.15) is 11.5 Å². The lowest BCUT2D eigenvalue weighted by atomic mass is 9.58. The summed E-state index contributed by atoms with van der Waals surface area (Å²) < 4.78 is 9.52. The van der Waals surface area contributed by atoms with Gasteiger partial charge in [-0.1, -0.05) is 152 Å². The third-order valence-corrected chi connectivity index (χ3v) is 13.9. The first-order valence-corrected chi connectivity index (χ1v) is 20.7. The minimum Gasteiger partial charge on any atom is -0.457 e. The van der Waals surface area contributed by atoms with E-state index in [1.54, 1.807) is 0 Å². The van der Waals surface area contributed by atoms with E-state index in [0.717, 1.165) is 39.7 Å². The van der Waals surface area contributed by atoms with Crippen LogP contribution in [-0.4, -0.2) is 0 Å². The third kappa shape index (κ3) is 4.31. The molecule has 1 atom stereocenters. The molecule has 1 aromatic heterocycles. The van der Waals surface area contributed by atoms with Gasteiger partial charge < -0.3 is 9.64 Å². The molecule has 13 rings (SSSR count). The summed E-state index contributed by atoms with van der Waals surface area (Å²) in [5.74, 6) is 1.77. The average molecular weight is 756 g/mol. The van der Waals surface area contributed by atoms with Crippen LogP contribution in [0.15, 0.2) is 200 Å². The molecule has 2 aliphatic rings. The molecular weight excluding hydrogens is 723 g/mol. The zero-order valence-electron chi connectivity index (χ0n) is 31.3. The summed E-state index contributed by atoms with van der Waals surface area (Å²) in [6.45, 7) is 0. The second-order valence-electron chi connectivity index (χ2n) is 15.6. The quantitative estimate of drug-likeness (QED) is 0.178. The van der Waals surface area contributed by atoms with E-state index >= 15 is 0 Å². The Morgan fingerprint density at radius 1 is 0.379 bits per heavy atom. The van der Waals surface area contributed by atoms with Crippen molar-refractivity contribution < 1.29 is 4.74 Å². The van der Waals surface area contributed by atoms with Crippen molar-refractivity contribution in [3.63, 3.8) is 0 Å². The van der Waals surface area contributed by atoms with E-state index in [1.165, 1.54) is 74.7 Å². The summed E-state index contributed by atoms with van der Waals surface area (Å²) in [5, 5.41) is 10.1. The van der Waals surface area contributed by atoms with Crippen LogP contribution in [0.5, 0.6) is 11.5 Å². The first kappa shape index (κ1) is 31.9. The van der Waals surface area contributed by atoms with Gasteiger partial charge >= 0.3 is 0 Å². The molecule has 0 saturated carbocycles. The first-order valence-electron chi connectivity index (χ1n) is 19.9. The Bertz CT molecular complexity index is 3520. The lowest BCUT2D eigenvalue weighted by Crippen LogP contribution is -2.36. The highest BCUT2D eigenvalue weighted by atomic mass is 32.1. The van der Waals surface area contributed by atoms with E-state index in [0.29, 0.717) is 0 Å². The molecule has 0 N–H and O–H groups in total. The molecule has 11 aromatic rings. The van der Waals surface area contributed by atoms with Crippen molar-refractivity contribution in [3.05, 3.63) is 222 Å². The third-order valence-electron chi connectivity index (χ3n) is 12.7. The van der Waals surface area contributed by atoms with Crippen molar-refractivity contribution in [2.45, 2.75) is 5.41 Å². The fraction of sp³-hybridized carbons (Fsp3) is 0.0182. The number of para-hydroxylation sites is 1. The summed E-state index contributed by atoms with van der Waals surface area (Å²) in [6, 6.07) is 73.8. The molecule has 1 aliphatic heterocycles. The number of ether oxygens (including phenoxy) is 1. The topological polar surface area (TPSA) is 12.5 Å². The normalized spacial score (nSPS) is 15.1. The van der Waals surface area contributed by atoms with Crippen LogP contribution in [0.2, 0.25) is 0 Å². The van der Waals surface area contributed by atoms with Crippen molar-refractivity contribution in [1.29, 1.82) is 0 Å². The smallest absolute Gasteiger partial charge is 0.132 e. The molecule has 2 heterocycles. The summed E-state index contributed by atoms with van der Waals surface area (Å²) in [4.78, 5) is 2.44. The maximum atomic E-state index is 6.92. The number of hydrogen-bond acceptors (Lipinski definition) is 3. The molecule has 58 heavy (non-hydrogen) atoms. The molecule has 3 heteroatoms. The molecule has 0 amide bonds. The lowest BCUT2D eigenvalue weighted by Gasteiger charge is -2.45. The van der Waals surface area contributed by atoms with Crippen molar-refractivity contribution >= 4 is 80.9 Å². The van der Waals surface area contributed by atoms with Gasteiger partial charge in [-0.25, -0.2) is 0 Å². The summed E-state index contributed by atoms with van der Waals surface area (Å²) in [5.41, 5.74) is 10.0. The zero-order valence-corrected chi connectivity index (χ0v) is 32.1. The molecule has 0 saturated heterocycles. The van der Waals surface area contributed by atoms with Gasteiger partial charge in [-0.2, -0.15) is 0 Å². The Labute approximate surface area is 339 Å². The maximum absolute atomic E-state index is 6.92. The van der Waals surface area contributed by atoms with E-state index in [4.69, 9.17) is 4.74 Å². The van der Waals surface area contributed by atoms with Crippen molar-refractivity contribution in [1.82, 2.24) is 0 Å². The zero-order chi connectivity index (χ0) is 38.0. The van der Waals surface area contributed by atoms with Gasteiger partial charge in [0.05, 0.1) is 5.41 Å². The van der Waals surface area contributed by atoms with Crippen LogP contribution >= 0.6 is 11.3 Å². The molecular formula is C55H33NOS. The molecule has 0 radical (unpaired) electrons. The molecule has 0 fully saturated rings. The van der Waals surface area contributed by atoms with Gasteiger partial charge in [-0.05, 0) is 103 Å². The Kier molecular flexibility index (Phi) is 6.56. The number of thiophene rings is 1. The monoisotopic (exact) mass is 755 g/mol. The molecule has 0 bridgehead atoms. The minimum absolute atomic E-state index is 0.629. The molecule has 1 aliphatic carbocycles. The summed E-state index contributed by atoms with van der Waals surface area (Å²) >= 11 is 1.88. The van der Waals surface area contributed by atoms with Gasteiger partial charge in [0, 0.05) is 48.4 Å². The number of hydrogen-bond donors (Lipinski definition) is 0. The van der Waals surface area contributed by atoms with Gasteiger partial charge in [0.25, 0.3) is 0 Å². The Hall–Kier alpha value is -7.20. The predicted octanol–water partition coefficient (Wildman–Crippen LogP) is 15.5.